The molecule has 0 aliphatic heterocycles. The van der Waals surface area contributed by atoms with Crippen LogP contribution >= 0.6 is 15.9 Å². The number of nitrogens with zero attached hydrogens (tertiary/aromatic N) is 1. The molecule has 19 heavy (non-hydrogen) atoms. The van der Waals surface area contributed by atoms with Crippen molar-refractivity contribution in [2.24, 2.45) is 0 Å². The van der Waals surface area contributed by atoms with E-state index in [1.807, 2.05) is 61.5 Å². The summed E-state index contributed by atoms with van der Waals surface area (Å²) in [7, 11) is 0. The Balaban J connectivity index is 2.17. The van der Waals surface area contributed by atoms with Gasteiger partial charge >= 0.3 is 6.03 Å². The van der Waals surface area contributed by atoms with Crippen LogP contribution in [0, 0.1) is 0 Å². The number of benzene rings is 2. The van der Waals surface area contributed by atoms with Gasteiger partial charge in [0.05, 0.1) is 5.69 Å². The van der Waals surface area contributed by atoms with Crippen molar-refractivity contribution in [3.05, 3.63) is 59.1 Å². The summed E-state index contributed by atoms with van der Waals surface area (Å²) in [5.74, 6) is 0. The first-order valence-electron chi connectivity index (χ1n) is 6.10. The maximum Gasteiger partial charge on any atom is 0.326 e. The Labute approximate surface area is 121 Å². The highest BCUT2D eigenvalue weighted by Gasteiger charge is 2.14. The third-order valence-corrected chi connectivity index (χ3v) is 3.44. The van der Waals surface area contributed by atoms with Gasteiger partial charge in [-0.15, -0.1) is 0 Å². The van der Waals surface area contributed by atoms with Crippen LogP contribution < -0.4 is 10.2 Å². The summed E-state index contributed by atoms with van der Waals surface area (Å²) in [6.07, 6.45) is 0. The first-order chi connectivity index (χ1) is 9.22. The standard InChI is InChI=1S/C15H15BrN2O/c1-2-18(12-8-4-3-5-9-12)15(19)17-14-11-7-6-10-13(14)16/h3-11H,2H2,1H3,(H,17,19). The normalized spacial score (nSPS) is 10.0. The summed E-state index contributed by atoms with van der Waals surface area (Å²) in [5.41, 5.74) is 1.65. The molecule has 0 aromatic heterocycles. The van der Waals surface area contributed by atoms with Gasteiger partial charge in [-0.2, -0.15) is 0 Å². The number of carbonyl (C=O) groups is 1. The van der Waals surface area contributed by atoms with Crippen LogP contribution in [0.15, 0.2) is 59.1 Å². The number of rotatable bonds is 3. The monoisotopic (exact) mass is 318 g/mol. The van der Waals surface area contributed by atoms with Crippen LogP contribution in [0.4, 0.5) is 16.2 Å². The van der Waals surface area contributed by atoms with Crippen LogP contribution in [0.3, 0.4) is 0 Å². The van der Waals surface area contributed by atoms with Crippen molar-refractivity contribution in [1.29, 1.82) is 0 Å². The van der Waals surface area contributed by atoms with Crippen LogP contribution in [0.5, 0.6) is 0 Å². The van der Waals surface area contributed by atoms with Crippen LogP contribution in [-0.4, -0.2) is 12.6 Å². The van der Waals surface area contributed by atoms with Gasteiger partial charge < -0.3 is 5.32 Å². The molecule has 0 atom stereocenters. The van der Waals surface area contributed by atoms with Crippen LogP contribution in [0.2, 0.25) is 0 Å². The number of carbonyl (C=O) groups excluding carboxylic acids is 1. The molecule has 0 aliphatic rings. The topological polar surface area (TPSA) is 32.3 Å². The lowest BCUT2D eigenvalue weighted by molar-refractivity contribution is 0.257. The summed E-state index contributed by atoms with van der Waals surface area (Å²) in [5, 5.41) is 2.90. The van der Waals surface area contributed by atoms with E-state index in [9.17, 15) is 4.79 Å². The molecule has 0 unspecified atom stereocenters. The Kier molecular flexibility index (Phi) is 4.58. The fourth-order valence-corrected chi connectivity index (χ4v) is 2.18. The Morgan fingerprint density at radius 1 is 1.11 bits per heavy atom. The minimum atomic E-state index is -0.138. The van der Waals surface area contributed by atoms with Crippen molar-refractivity contribution >= 4 is 33.3 Å². The van der Waals surface area contributed by atoms with Gasteiger partial charge in [0, 0.05) is 16.7 Å². The van der Waals surface area contributed by atoms with Crippen molar-refractivity contribution < 1.29 is 4.79 Å². The van der Waals surface area contributed by atoms with Crippen molar-refractivity contribution in [3.63, 3.8) is 0 Å². The average Bonchev–Trinajstić information content (AvgIpc) is 2.43. The molecule has 0 saturated carbocycles. The molecular formula is C15H15BrN2O. The Morgan fingerprint density at radius 3 is 2.37 bits per heavy atom. The summed E-state index contributed by atoms with van der Waals surface area (Å²) < 4.78 is 0.868. The van der Waals surface area contributed by atoms with Gasteiger partial charge in [-0.25, -0.2) is 4.79 Å². The van der Waals surface area contributed by atoms with E-state index in [-0.39, 0.29) is 6.03 Å². The molecule has 4 heteroatoms. The summed E-state index contributed by atoms with van der Waals surface area (Å²) in [6.45, 7) is 2.56. The number of urea groups is 1. The Bertz CT molecular complexity index is 557. The number of halogens is 1. The highest BCUT2D eigenvalue weighted by Crippen LogP contribution is 2.22. The fraction of sp³-hybridized carbons (Fsp3) is 0.133. The number of hydrogen-bond acceptors (Lipinski definition) is 1. The smallest absolute Gasteiger partial charge is 0.306 e. The minimum Gasteiger partial charge on any atom is -0.306 e. The molecule has 1 N–H and O–H groups in total. The van der Waals surface area contributed by atoms with Gasteiger partial charge in [0.15, 0.2) is 0 Å². The van der Waals surface area contributed by atoms with Crippen LogP contribution in [0.1, 0.15) is 6.92 Å². The maximum absolute atomic E-state index is 12.3. The molecule has 0 aliphatic carbocycles. The number of amides is 2. The van der Waals surface area contributed by atoms with Gasteiger partial charge in [0.2, 0.25) is 0 Å². The van der Waals surface area contributed by atoms with Gasteiger partial charge in [-0.3, -0.25) is 4.90 Å². The fourth-order valence-electron chi connectivity index (χ4n) is 1.80. The van der Waals surface area contributed by atoms with E-state index in [1.54, 1.807) is 4.90 Å². The number of nitrogens with one attached hydrogen (secondary N) is 1. The van der Waals surface area contributed by atoms with Crippen molar-refractivity contribution in [2.75, 3.05) is 16.8 Å². The second-order valence-electron chi connectivity index (χ2n) is 3.99. The van der Waals surface area contributed by atoms with Gasteiger partial charge in [-0.1, -0.05) is 30.3 Å². The molecule has 0 saturated heterocycles. The van der Waals surface area contributed by atoms with Crippen molar-refractivity contribution in [3.8, 4) is 0 Å². The average molecular weight is 319 g/mol. The van der Waals surface area contributed by atoms with E-state index >= 15 is 0 Å². The van der Waals surface area contributed by atoms with E-state index in [2.05, 4.69) is 21.2 Å². The predicted octanol–water partition coefficient (Wildman–Crippen LogP) is 4.51. The van der Waals surface area contributed by atoms with E-state index in [0.29, 0.717) is 6.54 Å². The molecule has 0 spiro atoms. The highest BCUT2D eigenvalue weighted by molar-refractivity contribution is 9.10. The zero-order chi connectivity index (χ0) is 13.7. The lowest BCUT2D eigenvalue weighted by Gasteiger charge is -2.21. The molecule has 0 fully saturated rings. The molecule has 2 amide bonds. The van der Waals surface area contributed by atoms with Gasteiger partial charge in [0.1, 0.15) is 0 Å². The third-order valence-electron chi connectivity index (χ3n) is 2.74. The molecular weight excluding hydrogens is 304 g/mol. The summed E-state index contributed by atoms with van der Waals surface area (Å²) in [4.78, 5) is 14.0. The number of para-hydroxylation sites is 2. The molecule has 2 aromatic carbocycles. The van der Waals surface area contributed by atoms with E-state index in [1.165, 1.54) is 0 Å². The quantitative estimate of drug-likeness (QED) is 0.887. The summed E-state index contributed by atoms with van der Waals surface area (Å²) >= 11 is 3.42. The molecule has 0 heterocycles. The number of anilines is 2. The summed E-state index contributed by atoms with van der Waals surface area (Å²) in [6, 6.07) is 17.0. The maximum atomic E-state index is 12.3. The molecule has 2 rings (SSSR count). The third kappa shape index (κ3) is 3.35. The molecule has 3 nitrogen and oxygen atoms in total. The van der Waals surface area contributed by atoms with Crippen molar-refractivity contribution in [1.82, 2.24) is 0 Å². The van der Waals surface area contributed by atoms with Gasteiger partial charge in [-0.05, 0) is 47.1 Å². The Morgan fingerprint density at radius 2 is 1.74 bits per heavy atom. The molecule has 0 bridgehead atoms. The molecule has 98 valence electrons. The molecule has 2 aromatic rings. The van der Waals surface area contributed by atoms with E-state index in [4.69, 9.17) is 0 Å². The van der Waals surface area contributed by atoms with E-state index < -0.39 is 0 Å². The first kappa shape index (κ1) is 13.6. The minimum absolute atomic E-state index is 0.138. The van der Waals surface area contributed by atoms with E-state index in [0.717, 1.165) is 15.8 Å². The van der Waals surface area contributed by atoms with Crippen LogP contribution in [-0.2, 0) is 0 Å². The largest absolute Gasteiger partial charge is 0.326 e. The first-order valence-corrected chi connectivity index (χ1v) is 6.89. The zero-order valence-corrected chi connectivity index (χ0v) is 12.2. The SMILES string of the molecule is CCN(C(=O)Nc1ccccc1Br)c1ccccc1. The second kappa shape index (κ2) is 6.38. The number of hydrogen-bond donors (Lipinski definition) is 1. The Hall–Kier alpha value is -1.81. The van der Waals surface area contributed by atoms with Gasteiger partial charge in [0.25, 0.3) is 0 Å². The zero-order valence-electron chi connectivity index (χ0n) is 10.6. The lowest BCUT2D eigenvalue weighted by Crippen LogP contribution is -2.34. The molecule has 0 radical (unpaired) electrons. The van der Waals surface area contributed by atoms with Crippen LogP contribution in [0.25, 0.3) is 0 Å². The lowest BCUT2D eigenvalue weighted by atomic mass is 10.3. The highest BCUT2D eigenvalue weighted by atomic mass is 79.9. The predicted molar refractivity (Wildman–Crippen MR) is 82.6 cm³/mol. The second-order valence-corrected chi connectivity index (χ2v) is 4.84. The van der Waals surface area contributed by atoms with Crippen molar-refractivity contribution in [2.45, 2.75) is 6.92 Å².